The molecule has 0 saturated carbocycles. The van der Waals surface area contributed by atoms with Gasteiger partial charge in [0.05, 0.1) is 5.88 Å². The van der Waals surface area contributed by atoms with E-state index in [0.717, 1.165) is 18.4 Å². The molecule has 0 aliphatic carbocycles. The molecule has 1 saturated heterocycles. The number of carbonyl (C=O) groups excluding carboxylic acids is 2. The summed E-state index contributed by atoms with van der Waals surface area (Å²) in [7, 11) is 0. The number of thioether (sulfide) groups is 1. The molecule has 1 aliphatic heterocycles. The van der Waals surface area contributed by atoms with E-state index in [0.29, 0.717) is 30.9 Å². The van der Waals surface area contributed by atoms with Crippen molar-refractivity contribution in [3.05, 3.63) is 35.9 Å². The predicted molar refractivity (Wildman–Crippen MR) is 106 cm³/mol. The van der Waals surface area contributed by atoms with Gasteiger partial charge in [-0.2, -0.15) is 0 Å². The van der Waals surface area contributed by atoms with Crippen molar-refractivity contribution in [1.29, 1.82) is 0 Å². The van der Waals surface area contributed by atoms with Gasteiger partial charge in [0.15, 0.2) is 0 Å². The lowest BCUT2D eigenvalue weighted by Crippen LogP contribution is -2.50. The second kappa shape index (κ2) is 11.0. The van der Waals surface area contributed by atoms with Gasteiger partial charge in [0, 0.05) is 24.6 Å². The zero-order valence-electron chi connectivity index (χ0n) is 15.7. The summed E-state index contributed by atoms with van der Waals surface area (Å²) >= 11 is 1.58. The summed E-state index contributed by atoms with van der Waals surface area (Å²) in [5.74, 6) is 0.0817. The number of hydrogen-bond donors (Lipinski definition) is 2. The van der Waals surface area contributed by atoms with Crippen molar-refractivity contribution in [3.8, 4) is 0 Å². The van der Waals surface area contributed by atoms with E-state index in [-0.39, 0.29) is 24.3 Å². The van der Waals surface area contributed by atoms with E-state index in [2.05, 4.69) is 5.32 Å². The number of carboxylic acids is 1. The summed E-state index contributed by atoms with van der Waals surface area (Å²) in [5.41, 5.74) is 1.05. The van der Waals surface area contributed by atoms with E-state index in [1.807, 2.05) is 37.3 Å². The van der Waals surface area contributed by atoms with Gasteiger partial charge in [0.1, 0.15) is 6.04 Å². The van der Waals surface area contributed by atoms with Crippen LogP contribution in [-0.4, -0.2) is 51.5 Å². The summed E-state index contributed by atoms with van der Waals surface area (Å²) in [6, 6.07) is 8.96. The second-order valence-electron chi connectivity index (χ2n) is 6.81. The fourth-order valence-corrected chi connectivity index (χ4v) is 4.28. The first-order valence-electron chi connectivity index (χ1n) is 9.44. The van der Waals surface area contributed by atoms with E-state index in [9.17, 15) is 14.4 Å². The average molecular weight is 393 g/mol. The Morgan fingerprint density at radius 3 is 2.67 bits per heavy atom. The molecule has 2 rings (SSSR count). The molecule has 0 aromatic heterocycles. The monoisotopic (exact) mass is 392 g/mol. The number of rotatable bonds is 10. The number of nitrogens with zero attached hydrogens (tertiary/aromatic N) is 1. The molecule has 2 N–H and O–H groups in total. The Hall–Kier alpha value is -2.02. The summed E-state index contributed by atoms with van der Waals surface area (Å²) in [6.07, 6.45) is 3.16. The first-order chi connectivity index (χ1) is 13.0. The minimum Gasteiger partial charge on any atom is -0.481 e. The topological polar surface area (TPSA) is 86.7 Å². The van der Waals surface area contributed by atoms with Crippen LogP contribution in [0.2, 0.25) is 0 Å². The van der Waals surface area contributed by atoms with Gasteiger partial charge in [-0.3, -0.25) is 14.4 Å². The number of benzene rings is 1. The standard InChI is InChI=1S/C20H28N2O4S/c1-2-3-9-18(23)22-14-27-13-17(22)20(26)21-16(10-11-19(24)25)12-15-7-5-4-6-8-15/h4-8,16-17H,2-3,9-14H2,1H3,(H,21,26)(H,24,25). The number of carboxylic acid groups (broad SMARTS) is 1. The normalized spacial score (nSPS) is 17.5. The highest BCUT2D eigenvalue weighted by Gasteiger charge is 2.35. The average Bonchev–Trinajstić information content (AvgIpc) is 3.15. The summed E-state index contributed by atoms with van der Waals surface area (Å²) < 4.78 is 0. The Morgan fingerprint density at radius 1 is 1.26 bits per heavy atom. The van der Waals surface area contributed by atoms with Crippen LogP contribution >= 0.6 is 11.8 Å². The van der Waals surface area contributed by atoms with E-state index in [1.165, 1.54) is 0 Å². The lowest BCUT2D eigenvalue weighted by molar-refractivity contribution is -0.138. The SMILES string of the molecule is CCCCC(=O)N1CSCC1C(=O)NC(CCC(=O)O)Cc1ccccc1. The fraction of sp³-hybridized carbons (Fsp3) is 0.550. The first kappa shape index (κ1) is 21.3. The Labute approximate surface area is 164 Å². The second-order valence-corrected chi connectivity index (χ2v) is 7.81. The first-order valence-corrected chi connectivity index (χ1v) is 10.6. The third kappa shape index (κ3) is 6.90. The maximum Gasteiger partial charge on any atom is 0.303 e. The van der Waals surface area contributed by atoms with Crippen molar-refractivity contribution in [2.24, 2.45) is 0 Å². The molecule has 1 aliphatic rings. The summed E-state index contributed by atoms with van der Waals surface area (Å²) in [4.78, 5) is 37.8. The lowest BCUT2D eigenvalue weighted by atomic mass is 10.0. The Balaban J connectivity index is 2.00. The van der Waals surface area contributed by atoms with Crippen LogP contribution in [0.4, 0.5) is 0 Å². The van der Waals surface area contributed by atoms with Gasteiger partial charge >= 0.3 is 5.97 Å². The molecule has 2 atom stereocenters. The number of amides is 2. The molecule has 0 radical (unpaired) electrons. The highest BCUT2D eigenvalue weighted by Crippen LogP contribution is 2.23. The van der Waals surface area contributed by atoms with Crippen LogP contribution in [0.1, 0.15) is 44.6 Å². The third-order valence-corrected chi connectivity index (χ3v) is 5.64. The van der Waals surface area contributed by atoms with Crippen molar-refractivity contribution in [3.63, 3.8) is 0 Å². The lowest BCUT2D eigenvalue weighted by Gasteiger charge is -2.26. The molecular formula is C20H28N2O4S. The van der Waals surface area contributed by atoms with Crippen molar-refractivity contribution >= 4 is 29.5 Å². The minimum absolute atomic E-state index is 0.00363. The van der Waals surface area contributed by atoms with Gasteiger partial charge in [-0.05, 0) is 24.8 Å². The van der Waals surface area contributed by atoms with Gasteiger partial charge in [-0.15, -0.1) is 11.8 Å². The van der Waals surface area contributed by atoms with Gasteiger partial charge in [0.25, 0.3) is 0 Å². The van der Waals surface area contributed by atoms with Gasteiger partial charge in [-0.25, -0.2) is 0 Å². The number of carbonyl (C=O) groups is 3. The molecule has 7 heteroatoms. The maximum absolute atomic E-state index is 12.8. The molecule has 1 aromatic carbocycles. The van der Waals surface area contributed by atoms with Gasteiger partial charge < -0.3 is 15.3 Å². The zero-order chi connectivity index (χ0) is 19.6. The number of unbranched alkanes of at least 4 members (excludes halogenated alkanes) is 1. The van der Waals surface area contributed by atoms with Crippen LogP contribution in [0, 0.1) is 0 Å². The van der Waals surface area contributed by atoms with E-state index in [4.69, 9.17) is 5.11 Å². The minimum atomic E-state index is -0.880. The highest BCUT2D eigenvalue weighted by molar-refractivity contribution is 7.99. The van der Waals surface area contributed by atoms with Crippen LogP contribution in [0.15, 0.2) is 30.3 Å². The van der Waals surface area contributed by atoms with Crippen molar-refractivity contribution in [2.45, 2.75) is 57.5 Å². The van der Waals surface area contributed by atoms with Crippen molar-refractivity contribution < 1.29 is 19.5 Å². The summed E-state index contributed by atoms with van der Waals surface area (Å²) in [6.45, 7) is 2.03. The Morgan fingerprint density at radius 2 is 2.00 bits per heavy atom. The molecule has 148 valence electrons. The van der Waals surface area contributed by atoms with E-state index >= 15 is 0 Å². The molecule has 2 amide bonds. The number of nitrogens with one attached hydrogen (secondary N) is 1. The molecule has 27 heavy (non-hydrogen) atoms. The van der Waals surface area contributed by atoms with Crippen molar-refractivity contribution in [2.75, 3.05) is 11.6 Å². The van der Waals surface area contributed by atoms with Gasteiger partial charge in [0.2, 0.25) is 11.8 Å². The molecular weight excluding hydrogens is 364 g/mol. The zero-order valence-corrected chi connectivity index (χ0v) is 16.5. The molecule has 0 spiro atoms. The molecule has 1 aromatic rings. The van der Waals surface area contributed by atoms with Crippen LogP contribution in [0.5, 0.6) is 0 Å². The van der Waals surface area contributed by atoms with Crippen LogP contribution in [0.25, 0.3) is 0 Å². The quantitative estimate of drug-likeness (QED) is 0.639. The fourth-order valence-electron chi connectivity index (χ4n) is 3.10. The smallest absolute Gasteiger partial charge is 0.303 e. The molecule has 0 bridgehead atoms. The molecule has 2 unspecified atom stereocenters. The van der Waals surface area contributed by atoms with E-state index in [1.54, 1.807) is 16.7 Å². The van der Waals surface area contributed by atoms with Crippen LogP contribution in [0.3, 0.4) is 0 Å². The number of hydrogen-bond acceptors (Lipinski definition) is 4. The Bertz CT molecular complexity index is 638. The van der Waals surface area contributed by atoms with Gasteiger partial charge in [-0.1, -0.05) is 43.7 Å². The molecule has 1 fully saturated rings. The highest BCUT2D eigenvalue weighted by atomic mass is 32.2. The third-order valence-electron chi connectivity index (χ3n) is 4.63. The molecule has 6 nitrogen and oxygen atoms in total. The predicted octanol–water partition coefficient (Wildman–Crippen LogP) is 2.67. The van der Waals surface area contributed by atoms with Crippen molar-refractivity contribution in [1.82, 2.24) is 10.2 Å². The largest absolute Gasteiger partial charge is 0.481 e. The number of aliphatic carboxylic acids is 1. The Kier molecular flexibility index (Phi) is 8.64. The van der Waals surface area contributed by atoms with Crippen LogP contribution in [-0.2, 0) is 20.8 Å². The summed E-state index contributed by atoms with van der Waals surface area (Å²) in [5, 5.41) is 12.0. The maximum atomic E-state index is 12.8. The van der Waals surface area contributed by atoms with Crippen LogP contribution < -0.4 is 5.32 Å². The molecule has 1 heterocycles. The van der Waals surface area contributed by atoms with E-state index < -0.39 is 12.0 Å².